The number of benzene rings is 1. The quantitative estimate of drug-likeness (QED) is 0.807. The van der Waals surface area contributed by atoms with Crippen LogP contribution in [0.4, 0.5) is 23.5 Å². The predicted octanol–water partition coefficient (Wildman–Crippen LogP) is 2.60. The molecule has 2 N–H and O–H groups in total. The Morgan fingerprint density at radius 3 is 2.44 bits per heavy atom. The fourth-order valence-electron chi connectivity index (χ4n) is 2.52. The summed E-state index contributed by atoms with van der Waals surface area (Å²) >= 11 is 0. The fraction of sp³-hybridized carbons (Fsp3) is 0.375. The van der Waals surface area contributed by atoms with E-state index in [1.807, 2.05) is 0 Å². The molecule has 2 atom stereocenters. The summed E-state index contributed by atoms with van der Waals surface area (Å²) in [5.41, 5.74) is -0.0385. The van der Waals surface area contributed by atoms with E-state index in [2.05, 4.69) is 20.6 Å². The van der Waals surface area contributed by atoms with Crippen molar-refractivity contribution in [1.29, 1.82) is 0 Å². The zero-order valence-electron chi connectivity index (χ0n) is 13.1. The lowest BCUT2D eigenvalue weighted by atomic mass is 10.1. The zero-order valence-corrected chi connectivity index (χ0v) is 13.1. The molecule has 0 amide bonds. The minimum atomic E-state index is -4.35. The average Bonchev–Trinajstić information content (AvgIpc) is 3.02. The SMILES string of the molecule is Fc1cnc(NC2CNCC2OCc2ccc(C(F)(F)F)cc2)nc1. The van der Waals surface area contributed by atoms with Crippen LogP contribution >= 0.6 is 0 Å². The van der Waals surface area contributed by atoms with Gasteiger partial charge in [-0.1, -0.05) is 12.1 Å². The van der Waals surface area contributed by atoms with E-state index in [4.69, 9.17) is 4.74 Å². The summed E-state index contributed by atoms with van der Waals surface area (Å²) in [5.74, 6) is -0.233. The van der Waals surface area contributed by atoms with E-state index in [0.717, 1.165) is 24.5 Å². The molecule has 1 aromatic heterocycles. The number of hydrogen-bond donors (Lipinski definition) is 2. The summed E-state index contributed by atoms with van der Waals surface area (Å²) in [6, 6.07) is 4.74. The number of rotatable bonds is 5. The van der Waals surface area contributed by atoms with E-state index >= 15 is 0 Å². The van der Waals surface area contributed by atoms with Crippen molar-refractivity contribution in [2.24, 2.45) is 0 Å². The molecule has 0 radical (unpaired) electrons. The Labute approximate surface area is 141 Å². The van der Waals surface area contributed by atoms with Crippen LogP contribution in [-0.4, -0.2) is 35.2 Å². The lowest BCUT2D eigenvalue weighted by Gasteiger charge is -2.20. The number of ether oxygens (including phenoxy) is 1. The third-order valence-corrected chi connectivity index (χ3v) is 3.84. The number of hydrogen-bond acceptors (Lipinski definition) is 5. The molecular weight excluding hydrogens is 340 g/mol. The van der Waals surface area contributed by atoms with Gasteiger partial charge in [0, 0.05) is 13.1 Å². The van der Waals surface area contributed by atoms with Crippen molar-refractivity contribution in [2.75, 3.05) is 18.4 Å². The van der Waals surface area contributed by atoms with Crippen LogP contribution in [0.25, 0.3) is 0 Å². The van der Waals surface area contributed by atoms with E-state index in [0.29, 0.717) is 24.6 Å². The molecule has 3 rings (SSSR count). The van der Waals surface area contributed by atoms with Gasteiger partial charge in [0.25, 0.3) is 0 Å². The van der Waals surface area contributed by atoms with E-state index in [1.54, 1.807) is 0 Å². The van der Waals surface area contributed by atoms with Crippen LogP contribution in [0.5, 0.6) is 0 Å². The minimum absolute atomic E-state index is 0.125. The zero-order chi connectivity index (χ0) is 17.9. The third kappa shape index (κ3) is 4.64. The van der Waals surface area contributed by atoms with Crippen LogP contribution in [0.1, 0.15) is 11.1 Å². The van der Waals surface area contributed by atoms with Crippen molar-refractivity contribution in [3.63, 3.8) is 0 Å². The smallest absolute Gasteiger partial charge is 0.370 e. The van der Waals surface area contributed by atoms with Gasteiger partial charge in [-0.05, 0) is 17.7 Å². The predicted molar refractivity (Wildman–Crippen MR) is 82.3 cm³/mol. The monoisotopic (exact) mass is 356 g/mol. The Balaban J connectivity index is 1.55. The largest absolute Gasteiger partial charge is 0.416 e. The highest BCUT2D eigenvalue weighted by Crippen LogP contribution is 2.29. The highest BCUT2D eigenvalue weighted by atomic mass is 19.4. The van der Waals surface area contributed by atoms with Crippen molar-refractivity contribution in [1.82, 2.24) is 15.3 Å². The molecule has 25 heavy (non-hydrogen) atoms. The lowest BCUT2D eigenvalue weighted by Crippen LogP contribution is -2.34. The number of aromatic nitrogens is 2. The summed E-state index contributed by atoms with van der Waals surface area (Å²) in [4.78, 5) is 7.68. The Morgan fingerprint density at radius 1 is 1.12 bits per heavy atom. The van der Waals surface area contributed by atoms with Gasteiger partial charge in [-0.2, -0.15) is 13.2 Å². The summed E-state index contributed by atoms with van der Waals surface area (Å²) in [7, 11) is 0. The van der Waals surface area contributed by atoms with E-state index in [1.165, 1.54) is 12.1 Å². The first-order chi connectivity index (χ1) is 11.9. The first-order valence-corrected chi connectivity index (χ1v) is 7.64. The van der Waals surface area contributed by atoms with Crippen LogP contribution in [-0.2, 0) is 17.5 Å². The van der Waals surface area contributed by atoms with Crippen molar-refractivity contribution in [3.8, 4) is 0 Å². The summed E-state index contributed by atoms with van der Waals surface area (Å²) in [6.07, 6.45) is -2.43. The summed E-state index contributed by atoms with van der Waals surface area (Å²) in [5, 5.41) is 6.21. The standard InChI is InChI=1S/C16H16F4N4O/c17-12-5-22-15(23-6-12)24-13-7-21-8-14(13)25-9-10-1-3-11(4-2-10)16(18,19)20/h1-6,13-14,21H,7-9H2,(H,22,23,24). The second-order valence-corrected chi connectivity index (χ2v) is 5.68. The fourth-order valence-corrected chi connectivity index (χ4v) is 2.52. The van der Waals surface area contributed by atoms with Crippen LogP contribution in [0.3, 0.4) is 0 Å². The molecule has 1 aliphatic rings. The number of alkyl halides is 3. The molecule has 5 nitrogen and oxygen atoms in total. The summed E-state index contributed by atoms with van der Waals surface area (Å²) in [6.45, 7) is 1.38. The molecule has 9 heteroatoms. The molecule has 1 fully saturated rings. The first kappa shape index (κ1) is 17.6. The Kier molecular flexibility index (Phi) is 5.14. The molecule has 0 aliphatic carbocycles. The molecule has 0 spiro atoms. The van der Waals surface area contributed by atoms with E-state index in [-0.39, 0.29) is 18.8 Å². The molecule has 2 unspecified atom stereocenters. The molecule has 1 aromatic carbocycles. The van der Waals surface area contributed by atoms with Gasteiger partial charge >= 0.3 is 6.18 Å². The van der Waals surface area contributed by atoms with Gasteiger partial charge in [-0.3, -0.25) is 0 Å². The number of nitrogens with zero attached hydrogens (tertiary/aromatic N) is 2. The van der Waals surface area contributed by atoms with Crippen molar-refractivity contribution in [2.45, 2.75) is 24.9 Å². The molecule has 1 saturated heterocycles. The van der Waals surface area contributed by atoms with E-state index in [9.17, 15) is 17.6 Å². The Morgan fingerprint density at radius 2 is 1.80 bits per heavy atom. The molecule has 1 aliphatic heterocycles. The second-order valence-electron chi connectivity index (χ2n) is 5.68. The van der Waals surface area contributed by atoms with Crippen LogP contribution in [0, 0.1) is 5.82 Å². The van der Waals surface area contributed by atoms with Gasteiger partial charge in [-0.15, -0.1) is 0 Å². The number of halogens is 4. The highest BCUT2D eigenvalue weighted by molar-refractivity contribution is 5.27. The number of anilines is 1. The van der Waals surface area contributed by atoms with E-state index < -0.39 is 17.6 Å². The molecule has 2 heterocycles. The molecule has 2 aromatic rings. The molecule has 0 bridgehead atoms. The normalized spacial score (nSPS) is 20.6. The van der Waals surface area contributed by atoms with Gasteiger partial charge in [-0.25, -0.2) is 14.4 Å². The van der Waals surface area contributed by atoms with Gasteiger partial charge in [0.1, 0.15) is 0 Å². The van der Waals surface area contributed by atoms with Crippen molar-refractivity contribution >= 4 is 5.95 Å². The van der Waals surface area contributed by atoms with Crippen LogP contribution < -0.4 is 10.6 Å². The van der Waals surface area contributed by atoms with Crippen LogP contribution in [0.2, 0.25) is 0 Å². The van der Waals surface area contributed by atoms with Crippen molar-refractivity contribution < 1.29 is 22.3 Å². The van der Waals surface area contributed by atoms with Crippen molar-refractivity contribution in [3.05, 3.63) is 53.6 Å². The minimum Gasteiger partial charge on any atom is -0.370 e. The molecule has 134 valence electrons. The second kappa shape index (κ2) is 7.32. The van der Waals surface area contributed by atoms with Gasteiger partial charge < -0.3 is 15.4 Å². The Hall–Kier alpha value is -2.26. The topological polar surface area (TPSA) is 59.1 Å². The maximum Gasteiger partial charge on any atom is 0.416 e. The molecule has 0 saturated carbocycles. The maximum atomic E-state index is 12.8. The average molecular weight is 356 g/mol. The van der Waals surface area contributed by atoms with Gasteiger partial charge in [0.15, 0.2) is 5.82 Å². The van der Waals surface area contributed by atoms with Gasteiger partial charge in [0.05, 0.1) is 36.7 Å². The summed E-state index contributed by atoms with van der Waals surface area (Å²) < 4.78 is 56.3. The third-order valence-electron chi connectivity index (χ3n) is 3.84. The van der Waals surface area contributed by atoms with Crippen LogP contribution in [0.15, 0.2) is 36.7 Å². The lowest BCUT2D eigenvalue weighted by molar-refractivity contribution is -0.137. The Bertz CT molecular complexity index is 691. The van der Waals surface area contributed by atoms with Gasteiger partial charge in [0.2, 0.25) is 5.95 Å². The number of nitrogens with one attached hydrogen (secondary N) is 2. The molecular formula is C16H16F4N4O. The first-order valence-electron chi connectivity index (χ1n) is 7.64. The maximum absolute atomic E-state index is 12.8. The highest BCUT2D eigenvalue weighted by Gasteiger charge is 2.30.